The molecule has 166 valence electrons. The number of benzene rings is 2. The Labute approximate surface area is 189 Å². The lowest BCUT2D eigenvalue weighted by molar-refractivity contribution is -0.113. The molecule has 1 aromatic heterocycles. The Balaban J connectivity index is 1.30. The predicted molar refractivity (Wildman–Crippen MR) is 120 cm³/mol. The smallest absolute Gasteiger partial charge is 0.251 e. The van der Waals surface area contributed by atoms with E-state index >= 15 is 0 Å². The summed E-state index contributed by atoms with van der Waals surface area (Å²) in [5.41, 5.74) is 3.44. The molecule has 0 fully saturated rings. The minimum absolute atomic E-state index is 0.121. The maximum atomic E-state index is 12.5. The second-order valence-electron chi connectivity index (χ2n) is 7.29. The molecular weight excluding hydrogens is 430 g/mol. The van der Waals surface area contributed by atoms with Crippen molar-refractivity contribution in [3.63, 3.8) is 0 Å². The Bertz CT molecular complexity index is 1180. The number of fused-ring (bicyclic) bond motifs is 1. The standard InChI is InChI=1S/C22H23N5O4S/c1-13-5-4-6-16(14(13)2)24-20(28)11-32-22-26-25-19(27(22)3)10-23-21(29)15-7-8-17-18(9-15)31-12-30-17/h4-9H,10-12H2,1-3H3,(H,23,29)(H,24,28). The molecule has 1 aliphatic rings. The number of aromatic nitrogens is 3. The first-order valence-corrected chi connectivity index (χ1v) is 11.0. The van der Waals surface area contributed by atoms with Crippen LogP contribution in [0.25, 0.3) is 0 Å². The summed E-state index contributed by atoms with van der Waals surface area (Å²) in [5, 5.41) is 14.6. The van der Waals surface area contributed by atoms with Crippen LogP contribution in [0.1, 0.15) is 27.3 Å². The first-order valence-electron chi connectivity index (χ1n) is 9.97. The summed E-state index contributed by atoms with van der Waals surface area (Å²) in [5.74, 6) is 1.57. The molecule has 3 aromatic rings. The predicted octanol–water partition coefficient (Wildman–Crippen LogP) is 2.82. The van der Waals surface area contributed by atoms with Gasteiger partial charge < -0.3 is 24.7 Å². The third kappa shape index (κ3) is 4.70. The highest BCUT2D eigenvalue weighted by molar-refractivity contribution is 7.99. The summed E-state index contributed by atoms with van der Waals surface area (Å²) in [6.45, 7) is 4.34. The van der Waals surface area contributed by atoms with Gasteiger partial charge in [-0.25, -0.2) is 0 Å². The van der Waals surface area contributed by atoms with Crippen LogP contribution in [0.3, 0.4) is 0 Å². The van der Waals surface area contributed by atoms with Crippen LogP contribution in [0.15, 0.2) is 41.6 Å². The van der Waals surface area contributed by atoms with E-state index in [2.05, 4.69) is 20.8 Å². The maximum Gasteiger partial charge on any atom is 0.251 e. The van der Waals surface area contributed by atoms with E-state index in [1.807, 2.05) is 32.0 Å². The highest BCUT2D eigenvalue weighted by Crippen LogP contribution is 2.32. The summed E-state index contributed by atoms with van der Waals surface area (Å²) in [6.07, 6.45) is 0. The van der Waals surface area contributed by atoms with Gasteiger partial charge in [0.15, 0.2) is 22.5 Å². The molecule has 4 rings (SSSR count). The maximum absolute atomic E-state index is 12.5. The van der Waals surface area contributed by atoms with Crippen molar-refractivity contribution in [1.29, 1.82) is 0 Å². The molecule has 0 atom stereocenters. The molecule has 0 bridgehead atoms. The second-order valence-corrected chi connectivity index (χ2v) is 8.24. The minimum Gasteiger partial charge on any atom is -0.454 e. The zero-order valence-electron chi connectivity index (χ0n) is 18.0. The Morgan fingerprint density at radius 2 is 1.94 bits per heavy atom. The third-order valence-corrected chi connectivity index (χ3v) is 6.20. The van der Waals surface area contributed by atoms with Crippen molar-refractivity contribution < 1.29 is 19.1 Å². The SMILES string of the molecule is Cc1cccc(NC(=O)CSc2nnc(CNC(=O)c3ccc4c(c3)OCO4)n2C)c1C. The molecule has 10 heteroatoms. The molecule has 0 saturated carbocycles. The van der Waals surface area contributed by atoms with Gasteiger partial charge in [-0.15, -0.1) is 10.2 Å². The fraction of sp³-hybridized carbons (Fsp3) is 0.273. The van der Waals surface area contributed by atoms with E-state index in [0.29, 0.717) is 28.0 Å². The molecule has 0 spiro atoms. The van der Waals surface area contributed by atoms with Crippen molar-refractivity contribution in [3.8, 4) is 11.5 Å². The highest BCUT2D eigenvalue weighted by Gasteiger charge is 2.17. The molecule has 0 saturated heterocycles. The summed E-state index contributed by atoms with van der Waals surface area (Å²) in [4.78, 5) is 24.8. The Kier molecular flexibility index (Phi) is 6.31. The molecule has 2 aromatic carbocycles. The Hall–Kier alpha value is -3.53. The van der Waals surface area contributed by atoms with Crippen LogP contribution in [0.5, 0.6) is 11.5 Å². The number of thioether (sulfide) groups is 1. The van der Waals surface area contributed by atoms with Gasteiger partial charge in [-0.2, -0.15) is 0 Å². The molecule has 2 amide bonds. The number of hydrogen-bond acceptors (Lipinski definition) is 7. The van der Waals surface area contributed by atoms with E-state index in [0.717, 1.165) is 16.8 Å². The number of anilines is 1. The fourth-order valence-corrected chi connectivity index (χ4v) is 3.86. The number of nitrogens with one attached hydrogen (secondary N) is 2. The topological polar surface area (TPSA) is 107 Å². The van der Waals surface area contributed by atoms with Crippen molar-refractivity contribution in [2.24, 2.45) is 7.05 Å². The lowest BCUT2D eigenvalue weighted by Crippen LogP contribution is -2.24. The third-order valence-electron chi connectivity index (χ3n) is 5.18. The molecule has 0 unspecified atom stereocenters. The first kappa shape index (κ1) is 21.7. The number of rotatable bonds is 7. The van der Waals surface area contributed by atoms with Gasteiger partial charge in [-0.1, -0.05) is 23.9 Å². The molecule has 0 aliphatic carbocycles. The zero-order valence-corrected chi connectivity index (χ0v) is 18.8. The van der Waals surface area contributed by atoms with E-state index < -0.39 is 0 Å². The molecule has 0 radical (unpaired) electrons. The largest absolute Gasteiger partial charge is 0.454 e. The Morgan fingerprint density at radius 1 is 1.12 bits per heavy atom. The first-order chi connectivity index (χ1) is 15.4. The summed E-state index contributed by atoms with van der Waals surface area (Å²) in [7, 11) is 1.80. The van der Waals surface area contributed by atoms with Crippen LogP contribution in [0.2, 0.25) is 0 Å². The van der Waals surface area contributed by atoms with E-state index in [-0.39, 0.29) is 30.9 Å². The average molecular weight is 454 g/mol. The van der Waals surface area contributed by atoms with Crippen LogP contribution in [0.4, 0.5) is 5.69 Å². The molecule has 2 N–H and O–H groups in total. The number of aryl methyl sites for hydroxylation is 1. The van der Waals surface area contributed by atoms with Gasteiger partial charge >= 0.3 is 0 Å². The van der Waals surface area contributed by atoms with Gasteiger partial charge in [0.1, 0.15) is 0 Å². The van der Waals surface area contributed by atoms with E-state index in [1.54, 1.807) is 29.8 Å². The van der Waals surface area contributed by atoms with E-state index in [4.69, 9.17) is 9.47 Å². The quantitative estimate of drug-likeness (QED) is 0.530. The van der Waals surface area contributed by atoms with Crippen LogP contribution in [-0.2, 0) is 18.4 Å². The zero-order chi connectivity index (χ0) is 22.7. The van der Waals surface area contributed by atoms with Crippen molar-refractivity contribution in [2.45, 2.75) is 25.5 Å². The van der Waals surface area contributed by atoms with Crippen LogP contribution < -0.4 is 20.1 Å². The van der Waals surface area contributed by atoms with Crippen LogP contribution >= 0.6 is 11.8 Å². The van der Waals surface area contributed by atoms with Crippen LogP contribution in [0, 0.1) is 13.8 Å². The molecule has 1 aliphatic heterocycles. The number of carbonyl (C=O) groups is 2. The second kappa shape index (κ2) is 9.31. The van der Waals surface area contributed by atoms with Gasteiger partial charge in [0.25, 0.3) is 5.91 Å². The molecule has 32 heavy (non-hydrogen) atoms. The number of carbonyl (C=O) groups excluding carboxylic acids is 2. The van der Waals surface area contributed by atoms with Crippen molar-refractivity contribution in [2.75, 3.05) is 17.9 Å². The van der Waals surface area contributed by atoms with Crippen molar-refractivity contribution in [1.82, 2.24) is 20.1 Å². The van der Waals surface area contributed by atoms with Crippen molar-refractivity contribution >= 4 is 29.3 Å². The lowest BCUT2D eigenvalue weighted by Gasteiger charge is -2.10. The molecule has 2 heterocycles. The number of ether oxygens (including phenoxy) is 2. The number of amides is 2. The van der Waals surface area contributed by atoms with Gasteiger partial charge in [0, 0.05) is 18.3 Å². The summed E-state index contributed by atoms with van der Waals surface area (Å²) in [6, 6.07) is 10.8. The van der Waals surface area contributed by atoms with E-state index in [1.165, 1.54) is 11.8 Å². The molecule has 9 nitrogen and oxygen atoms in total. The van der Waals surface area contributed by atoms with Crippen LogP contribution in [-0.4, -0.2) is 39.1 Å². The fourth-order valence-electron chi connectivity index (χ4n) is 3.13. The Morgan fingerprint density at radius 3 is 2.78 bits per heavy atom. The number of hydrogen-bond donors (Lipinski definition) is 2. The summed E-state index contributed by atoms with van der Waals surface area (Å²) >= 11 is 1.28. The van der Waals surface area contributed by atoms with E-state index in [9.17, 15) is 9.59 Å². The summed E-state index contributed by atoms with van der Waals surface area (Å²) < 4.78 is 12.3. The van der Waals surface area contributed by atoms with Gasteiger partial charge in [-0.05, 0) is 49.2 Å². The highest BCUT2D eigenvalue weighted by atomic mass is 32.2. The normalized spacial score (nSPS) is 12.0. The van der Waals surface area contributed by atoms with Gasteiger partial charge in [0.05, 0.1) is 12.3 Å². The monoisotopic (exact) mass is 453 g/mol. The van der Waals surface area contributed by atoms with Gasteiger partial charge in [0.2, 0.25) is 12.7 Å². The lowest BCUT2D eigenvalue weighted by atomic mass is 10.1. The molecular formula is C22H23N5O4S. The average Bonchev–Trinajstić information content (AvgIpc) is 3.39. The number of nitrogens with zero attached hydrogens (tertiary/aromatic N) is 3. The minimum atomic E-state index is -0.256. The van der Waals surface area contributed by atoms with Crippen molar-refractivity contribution in [3.05, 3.63) is 58.9 Å². The van der Waals surface area contributed by atoms with Gasteiger partial charge in [-0.3, -0.25) is 9.59 Å².